The summed E-state index contributed by atoms with van der Waals surface area (Å²) in [6.07, 6.45) is 1.53. The second kappa shape index (κ2) is 10.2. The molecule has 9 nitrogen and oxygen atoms in total. The van der Waals surface area contributed by atoms with E-state index in [0.29, 0.717) is 23.7 Å². The van der Waals surface area contributed by atoms with Gasteiger partial charge in [0.1, 0.15) is 11.5 Å². The Labute approximate surface area is 194 Å². The van der Waals surface area contributed by atoms with Crippen LogP contribution in [-0.4, -0.2) is 51.9 Å². The van der Waals surface area contributed by atoms with E-state index in [2.05, 4.69) is 10.0 Å². The molecule has 2 atom stereocenters. The minimum absolute atomic E-state index is 0.00342. The molecule has 1 aliphatic rings. The van der Waals surface area contributed by atoms with Crippen molar-refractivity contribution in [3.05, 3.63) is 48.0 Å². The number of nitrogens with zero attached hydrogens (tertiary/aromatic N) is 1. The highest BCUT2D eigenvalue weighted by Crippen LogP contribution is 2.39. The standard InChI is InChI=1S/C23H29N3O6S/c1-15(25-33(29,30)19-10-7-17(8-11-19)24-16(2)27)23(28)26-13-5-6-21(26)20-14-18(31-3)9-12-22(20)32-4/h7-12,14-15,21,25H,5-6,13H2,1-4H3,(H,24,27)/t15-,21?/m0/s1. The van der Waals surface area contributed by atoms with Gasteiger partial charge in [-0.2, -0.15) is 4.72 Å². The van der Waals surface area contributed by atoms with Gasteiger partial charge in [0.15, 0.2) is 0 Å². The summed E-state index contributed by atoms with van der Waals surface area (Å²) in [5, 5.41) is 2.58. The molecule has 2 N–H and O–H groups in total. The number of benzene rings is 2. The predicted octanol–water partition coefficient (Wildman–Crippen LogP) is 2.69. The van der Waals surface area contributed by atoms with E-state index in [0.717, 1.165) is 18.4 Å². The lowest BCUT2D eigenvalue weighted by Crippen LogP contribution is -2.46. The van der Waals surface area contributed by atoms with Crippen LogP contribution in [0.3, 0.4) is 0 Å². The zero-order valence-electron chi connectivity index (χ0n) is 19.1. The average Bonchev–Trinajstić information content (AvgIpc) is 3.27. The largest absolute Gasteiger partial charge is 0.497 e. The van der Waals surface area contributed by atoms with Gasteiger partial charge in [-0.15, -0.1) is 0 Å². The molecule has 1 saturated heterocycles. The zero-order valence-corrected chi connectivity index (χ0v) is 19.9. The van der Waals surface area contributed by atoms with Crippen molar-refractivity contribution >= 4 is 27.5 Å². The van der Waals surface area contributed by atoms with Gasteiger partial charge < -0.3 is 19.7 Å². The Morgan fingerprint density at radius 1 is 1.09 bits per heavy atom. The number of likely N-dealkylation sites (tertiary alicyclic amines) is 1. The van der Waals surface area contributed by atoms with Crippen molar-refractivity contribution in [2.45, 2.75) is 43.7 Å². The minimum Gasteiger partial charge on any atom is -0.497 e. The van der Waals surface area contributed by atoms with E-state index < -0.39 is 16.1 Å². The topological polar surface area (TPSA) is 114 Å². The van der Waals surface area contributed by atoms with Crippen LogP contribution >= 0.6 is 0 Å². The maximum atomic E-state index is 13.2. The Hall–Kier alpha value is -3.11. The van der Waals surface area contributed by atoms with Crippen LogP contribution in [0.4, 0.5) is 5.69 Å². The third kappa shape index (κ3) is 5.63. The number of ether oxygens (including phenoxy) is 2. The molecule has 10 heteroatoms. The molecule has 0 saturated carbocycles. The van der Waals surface area contributed by atoms with Crippen molar-refractivity contribution in [2.75, 3.05) is 26.1 Å². The summed E-state index contributed by atoms with van der Waals surface area (Å²) in [5.74, 6) is 0.728. The van der Waals surface area contributed by atoms with E-state index in [4.69, 9.17) is 9.47 Å². The Morgan fingerprint density at radius 3 is 2.39 bits per heavy atom. The molecule has 3 rings (SSSR count). The number of methoxy groups -OCH3 is 2. The van der Waals surface area contributed by atoms with Crippen molar-refractivity contribution in [2.24, 2.45) is 0 Å². The van der Waals surface area contributed by atoms with Gasteiger partial charge in [-0.1, -0.05) is 0 Å². The molecule has 0 aliphatic carbocycles. The fraction of sp³-hybridized carbons (Fsp3) is 0.391. The summed E-state index contributed by atoms with van der Waals surface area (Å²) < 4.78 is 38.9. The van der Waals surface area contributed by atoms with E-state index >= 15 is 0 Å². The number of anilines is 1. The van der Waals surface area contributed by atoms with E-state index in [1.807, 2.05) is 6.07 Å². The van der Waals surface area contributed by atoms with Gasteiger partial charge in [0.05, 0.1) is 31.2 Å². The third-order valence-electron chi connectivity index (χ3n) is 5.52. The Balaban J connectivity index is 1.77. The number of hydrogen-bond acceptors (Lipinski definition) is 6. The van der Waals surface area contributed by atoms with Crippen LogP contribution in [0.15, 0.2) is 47.4 Å². The van der Waals surface area contributed by atoms with E-state index in [9.17, 15) is 18.0 Å². The number of hydrogen-bond donors (Lipinski definition) is 2. The van der Waals surface area contributed by atoms with Gasteiger partial charge in [-0.3, -0.25) is 9.59 Å². The predicted molar refractivity (Wildman–Crippen MR) is 124 cm³/mol. The molecular weight excluding hydrogens is 446 g/mol. The number of carbonyl (C=O) groups is 2. The number of rotatable bonds is 8. The highest BCUT2D eigenvalue weighted by atomic mass is 32.2. The molecule has 0 bridgehead atoms. The monoisotopic (exact) mass is 475 g/mol. The quantitative estimate of drug-likeness (QED) is 0.607. The van der Waals surface area contributed by atoms with Crippen LogP contribution in [0.5, 0.6) is 11.5 Å². The van der Waals surface area contributed by atoms with E-state index in [1.165, 1.54) is 38.1 Å². The lowest BCUT2D eigenvalue weighted by molar-refractivity contribution is -0.133. The summed E-state index contributed by atoms with van der Waals surface area (Å²) in [5.41, 5.74) is 1.31. The minimum atomic E-state index is -3.94. The highest BCUT2D eigenvalue weighted by Gasteiger charge is 2.35. The molecule has 2 amide bonds. The molecule has 1 heterocycles. The fourth-order valence-electron chi connectivity index (χ4n) is 3.97. The van der Waals surface area contributed by atoms with Gasteiger partial charge in [0, 0.05) is 24.7 Å². The number of nitrogens with one attached hydrogen (secondary N) is 2. The number of amides is 2. The molecule has 1 fully saturated rings. The molecule has 2 aromatic carbocycles. The van der Waals surface area contributed by atoms with Crippen LogP contribution in [0.2, 0.25) is 0 Å². The summed E-state index contributed by atoms with van der Waals surface area (Å²) in [6.45, 7) is 3.41. The van der Waals surface area contributed by atoms with E-state index in [-0.39, 0.29) is 22.8 Å². The summed E-state index contributed by atoms with van der Waals surface area (Å²) in [7, 11) is -0.798. The number of sulfonamides is 1. The zero-order chi connectivity index (χ0) is 24.2. The average molecular weight is 476 g/mol. The van der Waals surface area contributed by atoms with Crippen LogP contribution in [-0.2, 0) is 19.6 Å². The summed E-state index contributed by atoms with van der Waals surface area (Å²) in [6, 6.07) is 9.97. The first kappa shape index (κ1) is 24.5. The third-order valence-corrected chi connectivity index (χ3v) is 7.08. The second-order valence-electron chi connectivity index (χ2n) is 7.85. The van der Waals surface area contributed by atoms with Gasteiger partial charge >= 0.3 is 0 Å². The van der Waals surface area contributed by atoms with Crippen molar-refractivity contribution in [3.8, 4) is 11.5 Å². The Bertz CT molecular complexity index is 1120. The summed E-state index contributed by atoms with van der Waals surface area (Å²) >= 11 is 0. The smallest absolute Gasteiger partial charge is 0.241 e. The molecule has 178 valence electrons. The van der Waals surface area contributed by atoms with Crippen molar-refractivity contribution in [1.29, 1.82) is 0 Å². The normalized spacial score (nSPS) is 16.8. The second-order valence-corrected chi connectivity index (χ2v) is 9.56. The summed E-state index contributed by atoms with van der Waals surface area (Å²) in [4.78, 5) is 26.1. The van der Waals surface area contributed by atoms with E-state index in [1.54, 1.807) is 31.3 Å². The van der Waals surface area contributed by atoms with Gasteiger partial charge in [0.2, 0.25) is 21.8 Å². The first-order valence-electron chi connectivity index (χ1n) is 10.6. The Kier molecular flexibility index (Phi) is 7.60. The van der Waals surface area contributed by atoms with Crippen molar-refractivity contribution in [1.82, 2.24) is 9.62 Å². The van der Waals surface area contributed by atoms with Gasteiger partial charge in [-0.25, -0.2) is 8.42 Å². The SMILES string of the molecule is COc1ccc(OC)c(C2CCCN2C(=O)[C@H](C)NS(=O)(=O)c2ccc(NC(C)=O)cc2)c1. The van der Waals surface area contributed by atoms with Gasteiger partial charge in [-0.05, 0) is 62.2 Å². The van der Waals surface area contributed by atoms with Crippen molar-refractivity contribution in [3.63, 3.8) is 0 Å². The molecule has 1 unspecified atom stereocenters. The van der Waals surface area contributed by atoms with Crippen LogP contribution in [0.1, 0.15) is 38.3 Å². The maximum Gasteiger partial charge on any atom is 0.241 e. The molecule has 33 heavy (non-hydrogen) atoms. The molecule has 0 spiro atoms. The molecule has 0 radical (unpaired) electrons. The van der Waals surface area contributed by atoms with Crippen LogP contribution < -0.4 is 19.5 Å². The fourth-order valence-corrected chi connectivity index (χ4v) is 5.17. The molecule has 2 aromatic rings. The maximum absolute atomic E-state index is 13.2. The molecular formula is C23H29N3O6S. The van der Waals surface area contributed by atoms with Gasteiger partial charge in [0.25, 0.3) is 0 Å². The van der Waals surface area contributed by atoms with Crippen LogP contribution in [0, 0.1) is 0 Å². The lowest BCUT2D eigenvalue weighted by atomic mass is 10.0. The molecule has 0 aromatic heterocycles. The van der Waals surface area contributed by atoms with Crippen LogP contribution in [0.25, 0.3) is 0 Å². The lowest BCUT2D eigenvalue weighted by Gasteiger charge is -2.29. The first-order valence-corrected chi connectivity index (χ1v) is 12.1. The highest BCUT2D eigenvalue weighted by molar-refractivity contribution is 7.89. The molecule has 1 aliphatic heterocycles. The number of carbonyl (C=O) groups excluding carboxylic acids is 2. The first-order chi connectivity index (χ1) is 15.7. The van der Waals surface area contributed by atoms with Crippen molar-refractivity contribution < 1.29 is 27.5 Å². The Morgan fingerprint density at radius 2 is 1.79 bits per heavy atom.